The maximum Gasteiger partial charge on any atom is 0.291 e. The fourth-order valence-corrected chi connectivity index (χ4v) is 2.13. The van der Waals surface area contributed by atoms with Gasteiger partial charge in [0, 0.05) is 0 Å². The molecule has 2 aromatic carbocycles. The van der Waals surface area contributed by atoms with Crippen LogP contribution in [0.15, 0.2) is 65.6 Å². The molecule has 0 spiro atoms. The Bertz CT molecular complexity index is 846. The average Bonchev–Trinajstić information content (AvgIpc) is 2.55. The van der Waals surface area contributed by atoms with Crippen molar-refractivity contribution in [3.8, 4) is 17.2 Å². The zero-order valence-corrected chi connectivity index (χ0v) is 12.8. The van der Waals surface area contributed by atoms with Crippen LogP contribution in [0.3, 0.4) is 0 Å². The smallest absolute Gasteiger partial charge is 0.291 e. The molecule has 4 nitrogen and oxygen atoms in total. The fourth-order valence-electron chi connectivity index (χ4n) is 1.88. The molecule has 0 aliphatic carbocycles. The first-order chi connectivity index (χ1) is 10.6. The number of aromatic nitrogens is 2. The lowest BCUT2D eigenvalue weighted by Crippen LogP contribution is -2.21. The number of ether oxygens (including phenoxy) is 1. The number of hydrogen-bond acceptors (Lipinski definition) is 3. The molecule has 0 unspecified atom stereocenters. The maximum atomic E-state index is 12.0. The van der Waals surface area contributed by atoms with Crippen molar-refractivity contribution in [3.05, 3.63) is 81.2 Å². The highest BCUT2D eigenvalue weighted by Crippen LogP contribution is 2.22. The third-order valence-electron chi connectivity index (χ3n) is 2.94. The molecule has 3 rings (SSSR count). The summed E-state index contributed by atoms with van der Waals surface area (Å²) in [5, 5.41) is 4.05. The van der Waals surface area contributed by atoms with E-state index in [1.54, 1.807) is 24.3 Å². The molecular weight excluding hydrogens is 323 g/mol. The summed E-state index contributed by atoms with van der Waals surface area (Å²) in [5.41, 5.74) is 0.106. The van der Waals surface area contributed by atoms with E-state index in [2.05, 4.69) is 5.10 Å². The summed E-state index contributed by atoms with van der Waals surface area (Å²) in [6, 6.07) is 16.4. The minimum absolute atomic E-state index is 0.0544. The van der Waals surface area contributed by atoms with Gasteiger partial charge in [-0.1, -0.05) is 41.4 Å². The van der Waals surface area contributed by atoms with Gasteiger partial charge in [0.05, 0.1) is 16.9 Å². The molecule has 0 saturated heterocycles. The van der Waals surface area contributed by atoms with E-state index in [0.717, 1.165) is 5.75 Å². The standard InChI is InChI=1S/C16H10Cl2N2O2/c17-14-10-19-20(16(21)15(14)18)11-6-8-13(9-7-11)22-12-4-2-1-3-5-12/h1-10H. The van der Waals surface area contributed by atoms with Gasteiger partial charge in [0.15, 0.2) is 0 Å². The van der Waals surface area contributed by atoms with Crippen LogP contribution in [0, 0.1) is 0 Å². The Morgan fingerprint density at radius 1 is 0.909 bits per heavy atom. The SMILES string of the molecule is O=c1c(Cl)c(Cl)cnn1-c1ccc(Oc2ccccc2)cc1. The van der Waals surface area contributed by atoms with Crippen LogP contribution in [0.5, 0.6) is 11.5 Å². The van der Waals surface area contributed by atoms with Crippen LogP contribution in [0.4, 0.5) is 0 Å². The van der Waals surface area contributed by atoms with Gasteiger partial charge in [0.25, 0.3) is 5.56 Å². The van der Waals surface area contributed by atoms with Gasteiger partial charge in [-0.25, -0.2) is 0 Å². The number of hydrogen-bond donors (Lipinski definition) is 0. The normalized spacial score (nSPS) is 10.5. The summed E-state index contributed by atoms with van der Waals surface area (Å²) in [4.78, 5) is 12.0. The Morgan fingerprint density at radius 3 is 2.23 bits per heavy atom. The van der Waals surface area contributed by atoms with Crippen molar-refractivity contribution in [1.82, 2.24) is 9.78 Å². The number of benzene rings is 2. The van der Waals surface area contributed by atoms with Gasteiger partial charge in [-0.15, -0.1) is 0 Å². The maximum absolute atomic E-state index is 12.0. The van der Waals surface area contributed by atoms with Crippen molar-refractivity contribution < 1.29 is 4.74 Å². The summed E-state index contributed by atoms with van der Waals surface area (Å²) >= 11 is 11.6. The minimum Gasteiger partial charge on any atom is -0.457 e. The van der Waals surface area contributed by atoms with Gasteiger partial charge in [-0.3, -0.25) is 4.79 Å². The van der Waals surface area contributed by atoms with Crippen molar-refractivity contribution in [2.24, 2.45) is 0 Å². The average molecular weight is 333 g/mol. The number of rotatable bonds is 3. The zero-order valence-electron chi connectivity index (χ0n) is 11.2. The number of nitrogens with zero attached hydrogens (tertiary/aromatic N) is 2. The molecule has 22 heavy (non-hydrogen) atoms. The molecule has 0 amide bonds. The van der Waals surface area contributed by atoms with E-state index in [4.69, 9.17) is 27.9 Å². The lowest BCUT2D eigenvalue weighted by Gasteiger charge is -2.08. The highest BCUT2D eigenvalue weighted by molar-refractivity contribution is 6.41. The predicted molar refractivity (Wildman–Crippen MR) is 86.4 cm³/mol. The quantitative estimate of drug-likeness (QED) is 0.716. The highest BCUT2D eigenvalue weighted by atomic mass is 35.5. The second-order valence-electron chi connectivity index (χ2n) is 4.43. The summed E-state index contributed by atoms with van der Waals surface area (Å²) in [6.45, 7) is 0. The molecule has 0 saturated carbocycles. The van der Waals surface area contributed by atoms with Crippen molar-refractivity contribution in [2.75, 3.05) is 0 Å². The molecule has 0 bridgehead atoms. The Hall–Kier alpha value is -2.30. The summed E-state index contributed by atoms with van der Waals surface area (Å²) in [7, 11) is 0. The molecule has 0 radical (unpaired) electrons. The number of para-hydroxylation sites is 1. The van der Waals surface area contributed by atoms with Crippen LogP contribution in [0.1, 0.15) is 0 Å². The van der Waals surface area contributed by atoms with Crippen LogP contribution in [-0.2, 0) is 0 Å². The summed E-state index contributed by atoms with van der Waals surface area (Å²) in [5.74, 6) is 1.39. The van der Waals surface area contributed by atoms with Crippen LogP contribution in [0.25, 0.3) is 5.69 Å². The molecule has 0 aliphatic rings. The Morgan fingerprint density at radius 2 is 1.55 bits per heavy atom. The summed E-state index contributed by atoms with van der Waals surface area (Å²) in [6.07, 6.45) is 1.33. The van der Waals surface area contributed by atoms with Crippen LogP contribution in [-0.4, -0.2) is 9.78 Å². The third kappa shape index (κ3) is 2.98. The van der Waals surface area contributed by atoms with Crippen LogP contribution < -0.4 is 10.3 Å². The van der Waals surface area contributed by atoms with Gasteiger partial charge in [0.2, 0.25) is 0 Å². The lowest BCUT2D eigenvalue weighted by atomic mass is 10.3. The van der Waals surface area contributed by atoms with Gasteiger partial charge < -0.3 is 4.74 Å². The second kappa shape index (κ2) is 6.22. The lowest BCUT2D eigenvalue weighted by molar-refractivity contribution is 0.482. The molecule has 0 N–H and O–H groups in total. The molecule has 110 valence electrons. The molecule has 0 fully saturated rings. The second-order valence-corrected chi connectivity index (χ2v) is 5.22. The monoisotopic (exact) mass is 332 g/mol. The first kappa shape index (κ1) is 14.6. The van der Waals surface area contributed by atoms with E-state index in [1.807, 2.05) is 30.3 Å². The van der Waals surface area contributed by atoms with Crippen molar-refractivity contribution in [1.29, 1.82) is 0 Å². The Balaban J connectivity index is 1.89. The first-order valence-electron chi connectivity index (χ1n) is 6.42. The van der Waals surface area contributed by atoms with E-state index in [-0.39, 0.29) is 10.0 Å². The first-order valence-corrected chi connectivity index (χ1v) is 7.17. The molecule has 0 atom stereocenters. The van der Waals surface area contributed by atoms with Crippen molar-refractivity contribution in [3.63, 3.8) is 0 Å². The largest absolute Gasteiger partial charge is 0.457 e. The van der Waals surface area contributed by atoms with E-state index in [9.17, 15) is 4.79 Å². The Labute approximate surface area is 136 Å². The van der Waals surface area contributed by atoms with E-state index >= 15 is 0 Å². The van der Waals surface area contributed by atoms with Crippen molar-refractivity contribution in [2.45, 2.75) is 0 Å². The predicted octanol–water partition coefficient (Wildman–Crippen LogP) is 4.33. The van der Waals surface area contributed by atoms with Gasteiger partial charge >= 0.3 is 0 Å². The van der Waals surface area contributed by atoms with Gasteiger partial charge in [-0.2, -0.15) is 9.78 Å². The zero-order chi connectivity index (χ0) is 15.5. The molecular formula is C16H10Cl2N2O2. The van der Waals surface area contributed by atoms with E-state index in [1.165, 1.54) is 10.9 Å². The summed E-state index contributed by atoms with van der Waals surface area (Å²) < 4.78 is 6.87. The Kier molecular flexibility index (Phi) is 4.13. The van der Waals surface area contributed by atoms with Crippen molar-refractivity contribution >= 4 is 23.2 Å². The van der Waals surface area contributed by atoms with Crippen LogP contribution in [0.2, 0.25) is 10.0 Å². The number of halogens is 2. The van der Waals surface area contributed by atoms with Gasteiger partial charge in [-0.05, 0) is 36.4 Å². The highest BCUT2D eigenvalue weighted by Gasteiger charge is 2.09. The van der Waals surface area contributed by atoms with Gasteiger partial charge in [0.1, 0.15) is 16.5 Å². The molecule has 1 heterocycles. The topological polar surface area (TPSA) is 44.1 Å². The van der Waals surface area contributed by atoms with Crippen LogP contribution >= 0.6 is 23.2 Å². The van der Waals surface area contributed by atoms with E-state index in [0.29, 0.717) is 11.4 Å². The molecule has 3 aromatic rings. The minimum atomic E-state index is -0.467. The third-order valence-corrected chi connectivity index (χ3v) is 3.69. The van der Waals surface area contributed by atoms with E-state index < -0.39 is 5.56 Å². The molecule has 1 aromatic heterocycles. The molecule has 6 heteroatoms. The fraction of sp³-hybridized carbons (Fsp3) is 0. The molecule has 0 aliphatic heterocycles.